The van der Waals surface area contributed by atoms with E-state index >= 15 is 0 Å². The Kier molecular flexibility index (Phi) is 7.62. The maximum absolute atomic E-state index is 13.2. The lowest BCUT2D eigenvalue weighted by molar-refractivity contribution is 0.0675. The fraction of sp³-hybridized carbons (Fsp3) is 0.682. The highest BCUT2D eigenvalue weighted by Crippen LogP contribution is 2.35. The molecule has 0 unspecified atom stereocenters. The Morgan fingerprint density at radius 3 is 2.65 bits per heavy atom. The second-order valence-electron chi connectivity index (χ2n) is 8.89. The SMILES string of the molecule is COc1ccc(C(=O)NC[C@@]2(N(C)C)CCC[C@@H](C)C2)cc1S(=O)(=O)N1CCOCC1. The molecule has 1 amide bonds. The molecular formula is C22H35N3O5S. The van der Waals surface area contributed by atoms with Gasteiger partial charge in [-0.1, -0.05) is 19.8 Å². The van der Waals surface area contributed by atoms with E-state index in [9.17, 15) is 13.2 Å². The van der Waals surface area contributed by atoms with Crippen molar-refractivity contribution >= 4 is 15.9 Å². The number of morpholine rings is 1. The van der Waals surface area contributed by atoms with E-state index in [4.69, 9.17) is 9.47 Å². The third-order valence-electron chi connectivity index (χ3n) is 6.61. The molecule has 1 aliphatic heterocycles. The van der Waals surface area contributed by atoms with Crippen LogP contribution in [0.1, 0.15) is 43.0 Å². The number of ether oxygens (including phenoxy) is 2. The Labute approximate surface area is 185 Å². The molecular weight excluding hydrogens is 418 g/mol. The molecule has 2 fully saturated rings. The molecule has 1 aliphatic carbocycles. The van der Waals surface area contributed by atoms with Crippen LogP contribution in [0.25, 0.3) is 0 Å². The Balaban J connectivity index is 1.81. The van der Waals surface area contributed by atoms with E-state index in [0.29, 0.717) is 31.2 Å². The Bertz CT molecular complexity index is 883. The van der Waals surface area contributed by atoms with Crippen molar-refractivity contribution in [2.24, 2.45) is 5.92 Å². The number of amides is 1. The number of methoxy groups -OCH3 is 1. The molecule has 2 atom stereocenters. The van der Waals surface area contributed by atoms with E-state index in [1.54, 1.807) is 12.1 Å². The van der Waals surface area contributed by atoms with Gasteiger partial charge in [0.2, 0.25) is 10.0 Å². The first kappa shape index (κ1) is 24.0. The molecule has 0 bridgehead atoms. The number of sulfonamides is 1. The first-order chi connectivity index (χ1) is 14.7. The predicted molar refractivity (Wildman–Crippen MR) is 119 cm³/mol. The van der Waals surface area contributed by atoms with Crippen LogP contribution >= 0.6 is 0 Å². The van der Waals surface area contributed by atoms with E-state index in [1.165, 1.54) is 23.9 Å². The highest BCUT2D eigenvalue weighted by atomic mass is 32.2. The van der Waals surface area contributed by atoms with Gasteiger partial charge in [-0.05, 0) is 51.1 Å². The number of carbonyl (C=O) groups is 1. The fourth-order valence-electron chi connectivity index (χ4n) is 4.65. The zero-order valence-corrected chi connectivity index (χ0v) is 19.8. The molecule has 1 heterocycles. The van der Waals surface area contributed by atoms with Crippen molar-refractivity contribution in [3.05, 3.63) is 23.8 Å². The summed E-state index contributed by atoms with van der Waals surface area (Å²) in [6, 6.07) is 4.58. The number of carbonyl (C=O) groups excluding carboxylic acids is 1. The minimum Gasteiger partial charge on any atom is -0.495 e. The first-order valence-electron chi connectivity index (χ1n) is 10.9. The second kappa shape index (κ2) is 9.85. The lowest BCUT2D eigenvalue weighted by Crippen LogP contribution is -2.55. The molecule has 3 rings (SSSR count). The Morgan fingerprint density at radius 2 is 2.03 bits per heavy atom. The summed E-state index contributed by atoms with van der Waals surface area (Å²) in [5.74, 6) is 0.564. The van der Waals surface area contributed by atoms with Gasteiger partial charge in [0.1, 0.15) is 10.6 Å². The number of nitrogens with one attached hydrogen (secondary N) is 1. The summed E-state index contributed by atoms with van der Waals surface area (Å²) in [5.41, 5.74) is 0.230. The van der Waals surface area contributed by atoms with Crippen molar-refractivity contribution < 1.29 is 22.7 Å². The largest absolute Gasteiger partial charge is 0.495 e. The van der Waals surface area contributed by atoms with Crippen molar-refractivity contribution in [3.8, 4) is 5.75 Å². The predicted octanol–water partition coefficient (Wildman–Crippen LogP) is 1.96. The van der Waals surface area contributed by atoms with Crippen molar-refractivity contribution in [2.75, 3.05) is 54.1 Å². The number of likely N-dealkylation sites (N-methyl/N-ethyl adjacent to an activating group) is 1. The summed E-state index contributed by atoms with van der Waals surface area (Å²) in [4.78, 5) is 15.2. The highest BCUT2D eigenvalue weighted by molar-refractivity contribution is 7.89. The van der Waals surface area contributed by atoms with Gasteiger partial charge in [-0.15, -0.1) is 0 Å². The van der Waals surface area contributed by atoms with Crippen LogP contribution in [-0.4, -0.2) is 83.1 Å². The number of benzene rings is 1. The van der Waals surface area contributed by atoms with Crippen molar-refractivity contribution in [1.29, 1.82) is 0 Å². The average Bonchev–Trinajstić information content (AvgIpc) is 2.77. The molecule has 1 aromatic rings. The van der Waals surface area contributed by atoms with Crippen LogP contribution in [0.15, 0.2) is 23.1 Å². The van der Waals surface area contributed by atoms with E-state index in [2.05, 4.69) is 31.2 Å². The maximum Gasteiger partial charge on any atom is 0.251 e. The molecule has 1 N–H and O–H groups in total. The van der Waals surface area contributed by atoms with Crippen LogP contribution in [-0.2, 0) is 14.8 Å². The monoisotopic (exact) mass is 453 g/mol. The Morgan fingerprint density at radius 1 is 1.32 bits per heavy atom. The summed E-state index contributed by atoms with van der Waals surface area (Å²) < 4.78 is 38.3. The topological polar surface area (TPSA) is 88.2 Å². The lowest BCUT2D eigenvalue weighted by Gasteiger charge is -2.45. The summed E-state index contributed by atoms with van der Waals surface area (Å²) >= 11 is 0. The molecule has 1 saturated carbocycles. The molecule has 9 heteroatoms. The van der Waals surface area contributed by atoms with E-state index in [1.807, 2.05) is 0 Å². The molecule has 0 aromatic heterocycles. The quantitative estimate of drug-likeness (QED) is 0.679. The molecule has 2 aliphatic rings. The second-order valence-corrected chi connectivity index (χ2v) is 10.8. The van der Waals surface area contributed by atoms with Crippen molar-refractivity contribution in [2.45, 2.75) is 43.0 Å². The standard InChI is InChI=1S/C22H35N3O5S/c1-17-6-5-9-22(15-17,24(2)3)16-23-21(26)18-7-8-19(29-4)20(14-18)31(27,28)25-10-12-30-13-11-25/h7-8,14,17H,5-6,9-13,15-16H2,1-4H3,(H,23,26)/t17-,22-/m1/s1. The minimum absolute atomic E-state index is 0.0122. The Hall–Kier alpha value is -1.68. The van der Waals surface area contributed by atoms with Crippen LogP contribution < -0.4 is 10.1 Å². The van der Waals surface area contributed by atoms with Gasteiger partial charge in [0, 0.05) is 30.7 Å². The summed E-state index contributed by atoms with van der Waals surface area (Å²) in [6.07, 6.45) is 4.41. The number of hydrogen-bond donors (Lipinski definition) is 1. The van der Waals surface area contributed by atoms with Crippen molar-refractivity contribution in [3.63, 3.8) is 0 Å². The van der Waals surface area contributed by atoms with Gasteiger partial charge in [-0.3, -0.25) is 4.79 Å². The fourth-order valence-corrected chi connectivity index (χ4v) is 6.24. The lowest BCUT2D eigenvalue weighted by atomic mass is 9.75. The number of nitrogens with zero attached hydrogens (tertiary/aromatic N) is 2. The molecule has 31 heavy (non-hydrogen) atoms. The number of rotatable bonds is 7. The summed E-state index contributed by atoms with van der Waals surface area (Å²) in [7, 11) is 1.76. The van der Waals surface area contributed by atoms with Gasteiger partial charge in [-0.2, -0.15) is 4.31 Å². The maximum atomic E-state index is 13.2. The third-order valence-corrected chi connectivity index (χ3v) is 8.53. The molecule has 8 nitrogen and oxygen atoms in total. The van der Waals surface area contributed by atoms with Gasteiger partial charge < -0.3 is 19.7 Å². The van der Waals surface area contributed by atoms with E-state index in [-0.39, 0.29) is 35.2 Å². The average molecular weight is 454 g/mol. The normalized spacial score (nSPS) is 25.4. The molecule has 1 aromatic carbocycles. The highest BCUT2D eigenvalue weighted by Gasteiger charge is 2.37. The molecule has 174 valence electrons. The van der Waals surface area contributed by atoms with Crippen LogP contribution in [0.2, 0.25) is 0 Å². The summed E-state index contributed by atoms with van der Waals surface area (Å²) in [6.45, 7) is 4.06. The van der Waals surface area contributed by atoms with Crippen LogP contribution in [0.4, 0.5) is 0 Å². The number of hydrogen-bond acceptors (Lipinski definition) is 6. The van der Waals surface area contributed by atoms with Gasteiger partial charge in [0.15, 0.2) is 0 Å². The van der Waals surface area contributed by atoms with Crippen LogP contribution in [0.5, 0.6) is 5.75 Å². The zero-order chi connectivity index (χ0) is 22.6. The van der Waals surface area contributed by atoms with E-state index in [0.717, 1.165) is 19.3 Å². The van der Waals surface area contributed by atoms with Gasteiger partial charge >= 0.3 is 0 Å². The van der Waals surface area contributed by atoms with Crippen LogP contribution in [0, 0.1) is 5.92 Å². The molecule has 1 saturated heterocycles. The summed E-state index contributed by atoms with van der Waals surface area (Å²) in [5, 5.41) is 3.06. The van der Waals surface area contributed by atoms with Crippen LogP contribution in [0.3, 0.4) is 0 Å². The van der Waals surface area contributed by atoms with Gasteiger partial charge in [-0.25, -0.2) is 8.42 Å². The van der Waals surface area contributed by atoms with Crippen molar-refractivity contribution in [1.82, 2.24) is 14.5 Å². The molecule has 0 spiro atoms. The minimum atomic E-state index is -3.79. The smallest absolute Gasteiger partial charge is 0.251 e. The first-order valence-corrected chi connectivity index (χ1v) is 12.4. The molecule has 0 radical (unpaired) electrons. The van der Waals surface area contributed by atoms with Gasteiger partial charge in [0.25, 0.3) is 5.91 Å². The van der Waals surface area contributed by atoms with Gasteiger partial charge in [0.05, 0.1) is 20.3 Å². The zero-order valence-electron chi connectivity index (χ0n) is 19.0. The third kappa shape index (κ3) is 5.22. The van der Waals surface area contributed by atoms with E-state index < -0.39 is 10.0 Å².